The lowest BCUT2D eigenvalue weighted by atomic mass is 9.35. The van der Waals surface area contributed by atoms with Gasteiger partial charge in [-0.2, -0.15) is 0 Å². The molecule has 0 aromatic carbocycles. The average molecular weight is 459 g/mol. The number of allylic oxidation sites excluding steroid dienone is 2. The van der Waals surface area contributed by atoms with Gasteiger partial charge in [0.1, 0.15) is 5.78 Å². The fourth-order valence-electron chi connectivity index (χ4n) is 10.2. The number of Topliss-reactive ketones (excluding diaryl/α,β-unsaturated/α-hetero) is 1. The van der Waals surface area contributed by atoms with Gasteiger partial charge >= 0.3 is 0 Å². The summed E-state index contributed by atoms with van der Waals surface area (Å²) in [5, 5.41) is 22.0. The van der Waals surface area contributed by atoms with E-state index in [1.807, 2.05) is 0 Å². The lowest BCUT2D eigenvalue weighted by Crippen LogP contribution is -2.63. The Morgan fingerprint density at radius 2 is 1.64 bits per heavy atom. The van der Waals surface area contributed by atoms with Crippen LogP contribution in [0.2, 0.25) is 0 Å². The number of rotatable bonds is 5. The van der Waals surface area contributed by atoms with Crippen LogP contribution in [0.15, 0.2) is 11.6 Å². The average Bonchev–Trinajstić information content (AvgIpc) is 3.10. The standard InChI is InChI=1S/C30H50O3/c1-20(2)9-8-15-30(33,19-31)22-12-17-28(6)21(22)10-11-24-27(5)16-14-25(32)26(3,4)23(27)13-18-29(24,28)7/h9,21-24,31,33H,8,10-19H2,1-7H3/t21-,22+,23+,24-,27+,28-,29-,30+/m1/s1. The van der Waals surface area contributed by atoms with E-state index in [9.17, 15) is 15.0 Å². The van der Waals surface area contributed by atoms with Crippen LogP contribution in [0.25, 0.3) is 0 Å². The van der Waals surface area contributed by atoms with Crippen LogP contribution < -0.4 is 0 Å². The fraction of sp³-hybridized carbons (Fsp3) is 0.900. The van der Waals surface area contributed by atoms with Crippen LogP contribution in [-0.4, -0.2) is 28.2 Å². The Morgan fingerprint density at radius 3 is 2.27 bits per heavy atom. The summed E-state index contributed by atoms with van der Waals surface area (Å²) in [6.45, 7) is 16.1. The first kappa shape index (κ1) is 25.4. The summed E-state index contributed by atoms with van der Waals surface area (Å²) >= 11 is 0. The largest absolute Gasteiger partial charge is 0.393 e. The van der Waals surface area contributed by atoms with Crippen molar-refractivity contribution in [3.8, 4) is 0 Å². The van der Waals surface area contributed by atoms with Gasteiger partial charge in [-0.3, -0.25) is 4.79 Å². The Balaban J connectivity index is 1.64. The predicted octanol–water partition coefficient (Wildman–Crippen LogP) is 6.71. The zero-order valence-corrected chi connectivity index (χ0v) is 22.5. The second kappa shape index (κ2) is 8.19. The SMILES string of the molecule is CC(C)=CCC[C@](O)(CO)[C@H]1CC[C@]2(C)[C@@H]1CC[C@@H]1[C@@]3(C)CCC(=O)C(C)(C)[C@@H]3CC[C@]12C. The first-order valence-electron chi connectivity index (χ1n) is 13.8. The van der Waals surface area contributed by atoms with E-state index in [1.165, 1.54) is 18.4 Å². The molecule has 0 unspecified atom stereocenters. The summed E-state index contributed by atoms with van der Waals surface area (Å²) in [4.78, 5) is 12.9. The van der Waals surface area contributed by atoms with Crippen LogP contribution in [0.3, 0.4) is 0 Å². The molecule has 3 heteroatoms. The van der Waals surface area contributed by atoms with Crippen LogP contribution >= 0.6 is 0 Å². The molecule has 0 bridgehead atoms. The third kappa shape index (κ3) is 3.53. The van der Waals surface area contributed by atoms with Crippen molar-refractivity contribution in [1.29, 1.82) is 0 Å². The molecule has 4 fully saturated rings. The molecular weight excluding hydrogens is 408 g/mol. The summed E-state index contributed by atoms with van der Waals surface area (Å²) < 4.78 is 0. The van der Waals surface area contributed by atoms with Gasteiger partial charge in [0, 0.05) is 11.8 Å². The zero-order valence-electron chi connectivity index (χ0n) is 22.5. The molecule has 0 aliphatic heterocycles. The van der Waals surface area contributed by atoms with Gasteiger partial charge in [0.05, 0.1) is 12.2 Å². The highest BCUT2D eigenvalue weighted by atomic mass is 16.3. The zero-order chi connectivity index (χ0) is 24.4. The number of aliphatic hydroxyl groups is 2. The summed E-state index contributed by atoms with van der Waals surface area (Å²) in [6, 6.07) is 0. The van der Waals surface area contributed by atoms with E-state index in [1.54, 1.807) is 0 Å². The van der Waals surface area contributed by atoms with E-state index < -0.39 is 5.60 Å². The van der Waals surface area contributed by atoms with Crippen molar-refractivity contribution >= 4 is 5.78 Å². The van der Waals surface area contributed by atoms with Crippen molar-refractivity contribution in [1.82, 2.24) is 0 Å². The molecule has 4 rings (SSSR count). The summed E-state index contributed by atoms with van der Waals surface area (Å²) in [5.41, 5.74) is 0.762. The number of ketones is 1. The molecule has 4 aliphatic carbocycles. The predicted molar refractivity (Wildman–Crippen MR) is 135 cm³/mol. The summed E-state index contributed by atoms with van der Waals surface area (Å²) in [6.07, 6.45) is 12.4. The maximum Gasteiger partial charge on any atom is 0.138 e. The second-order valence-corrected chi connectivity index (χ2v) is 14.0. The lowest BCUT2D eigenvalue weighted by molar-refractivity contribution is -0.209. The van der Waals surface area contributed by atoms with Gasteiger partial charge in [-0.25, -0.2) is 0 Å². The normalized spacial score (nSPS) is 46.0. The molecule has 4 aliphatic rings. The quantitative estimate of drug-likeness (QED) is 0.450. The van der Waals surface area contributed by atoms with Gasteiger partial charge < -0.3 is 10.2 Å². The molecule has 0 aromatic heterocycles. The van der Waals surface area contributed by atoms with Crippen LogP contribution in [0.5, 0.6) is 0 Å². The van der Waals surface area contributed by atoms with Gasteiger partial charge in [0.15, 0.2) is 0 Å². The summed E-state index contributed by atoms with van der Waals surface area (Å²) in [5.74, 6) is 2.26. The van der Waals surface area contributed by atoms with Crippen LogP contribution in [-0.2, 0) is 4.79 Å². The number of fused-ring (bicyclic) bond motifs is 5. The highest BCUT2D eigenvalue weighted by Gasteiger charge is 2.69. The monoisotopic (exact) mass is 458 g/mol. The van der Waals surface area contributed by atoms with Gasteiger partial charge in [0.2, 0.25) is 0 Å². The Morgan fingerprint density at radius 1 is 0.970 bits per heavy atom. The maximum absolute atomic E-state index is 12.9. The van der Waals surface area contributed by atoms with E-state index in [0.717, 1.165) is 44.9 Å². The van der Waals surface area contributed by atoms with Crippen molar-refractivity contribution in [2.75, 3.05) is 6.61 Å². The lowest BCUT2D eigenvalue weighted by Gasteiger charge is -2.69. The molecule has 0 amide bonds. The van der Waals surface area contributed by atoms with Crippen LogP contribution in [0, 0.1) is 45.3 Å². The molecule has 0 heterocycles. The van der Waals surface area contributed by atoms with E-state index in [0.29, 0.717) is 30.0 Å². The number of carbonyl (C=O) groups is 1. The minimum Gasteiger partial charge on any atom is -0.393 e. The smallest absolute Gasteiger partial charge is 0.138 e. The Kier molecular flexibility index (Phi) is 6.31. The number of hydrogen-bond acceptors (Lipinski definition) is 3. The molecule has 0 aromatic rings. The van der Waals surface area contributed by atoms with Gasteiger partial charge in [0.25, 0.3) is 0 Å². The number of aliphatic hydroxyl groups excluding tert-OH is 1. The molecule has 4 saturated carbocycles. The third-order valence-corrected chi connectivity index (χ3v) is 12.2. The molecule has 0 radical (unpaired) electrons. The highest BCUT2D eigenvalue weighted by Crippen LogP contribution is 2.75. The fourth-order valence-corrected chi connectivity index (χ4v) is 10.2. The van der Waals surface area contributed by atoms with Gasteiger partial charge in [-0.15, -0.1) is 0 Å². The van der Waals surface area contributed by atoms with Crippen molar-refractivity contribution in [2.45, 2.75) is 118 Å². The molecule has 0 saturated heterocycles. The molecule has 0 spiro atoms. The van der Waals surface area contributed by atoms with Crippen LogP contribution in [0.4, 0.5) is 0 Å². The number of carbonyl (C=O) groups excluding carboxylic acids is 1. The third-order valence-electron chi connectivity index (χ3n) is 12.2. The van der Waals surface area contributed by atoms with E-state index in [2.05, 4.69) is 54.5 Å². The second-order valence-electron chi connectivity index (χ2n) is 14.0. The van der Waals surface area contributed by atoms with Gasteiger partial charge in [-0.1, -0.05) is 46.3 Å². The molecule has 33 heavy (non-hydrogen) atoms. The summed E-state index contributed by atoms with van der Waals surface area (Å²) in [7, 11) is 0. The first-order valence-corrected chi connectivity index (χ1v) is 13.8. The topological polar surface area (TPSA) is 57.5 Å². The van der Waals surface area contributed by atoms with Crippen molar-refractivity contribution in [2.24, 2.45) is 45.3 Å². The molecule has 8 atom stereocenters. The molecule has 3 nitrogen and oxygen atoms in total. The minimum atomic E-state index is -0.974. The Labute approximate surface area is 202 Å². The van der Waals surface area contributed by atoms with E-state index >= 15 is 0 Å². The minimum absolute atomic E-state index is 0.128. The van der Waals surface area contributed by atoms with Crippen molar-refractivity contribution < 1.29 is 15.0 Å². The molecule has 188 valence electrons. The first-order chi connectivity index (χ1) is 15.3. The molecular formula is C30H50O3. The Bertz CT molecular complexity index is 809. The van der Waals surface area contributed by atoms with Gasteiger partial charge in [-0.05, 0) is 112 Å². The van der Waals surface area contributed by atoms with Crippen molar-refractivity contribution in [3.05, 3.63) is 11.6 Å². The maximum atomic E-state index is 12.9. The van der Waals surface area contributed by atoms with Crippen LogP contribution in [0.1, 0.15) is 113 Å². The Hall–Kier alpha value is -0.670. The number of hydrogen-bond donors (Lipinski definition) is 2. The van der Waals surface area contributed by atoms with E-state index in [4.69, 9.17) is 0 Å². The van der Waals surface area contributed by atoms with E-state index in [-0.39, 0.29) is 34.2 Å². The van der Waals surface area contributed by atoms with Crippen molar-refractivity contribution in [3.63, 3.8) is 0 Å². The molecule has 2 N–H and O–H groups in total. The highest BCUT2D eigenvalue weighted by molar-refractivity contribution is 5.85.